The van der Waals surface area contributed by atoms with Crippen LogP contribution < -0.4 is 10.1 Å². The van der Waals surface area contributed by atoms with Gasteiger partial charge in [-0.05, 0) is 43.5 Å². The van der Waals surface area contributed by atoms with Gasteiger partial charge in [-0.3, -0.25) is 4.79 Å². The molecule has 0 spiro atoms. The second kappa shape index (κ2) is 10.1. The first-order valence-electron chi connectivity index (χ1n) is 10.6. The van der Waals surface area contributed by atoms with Crippen molar-refractivity contribution in [3.63, 3.8) is 0 Å². The van der Waals surface area contributed by atoms with Gasteiger partial charge in [0.2, 0.25) is 0 Å². The molecule has 2 N–H and O–H groups in total. The molecule has 0 amide bonds. The molecule has 0 unspecified atom stereocenters. The van der Waals surface area contributed by atoms with Crippen molar-refractivity contribution in [3.05, 3.63) is 58.9 Å². The van der Waals surface area contributed by atoms with Crippen molar-refractivity contribution in [1.29, 1.82) is 0 Å². The summed E-state index contributed by atoms with van der Waals surface area (Å²) in [6, 6.07) is 14.0. The molecule has 0 aliphatic rings. The maximum absolute atomic E-state index is 10.8. The van der Waals surface area contributed by atoms with Crippen LogP contribution in [-0.4, -0.2) is 27.7 Å². The SMILES string of the molecule is CCOc1ccc(CNc2nc(CCCCC(=O)O)nc3sc4ccccc4c23)cc1Cl. The maximum atomic E-state index is 10.8. The fourth-order valence-electron chi connectivity index (χ4n) is 3.58. The zero-order valence-electron chi connectivity index (χ0n) is 17.7. The number of ether oxygens (including phenoxy) is 1. The largest absolute Gasteiger partial charge is 0.492 e. The van der Waals surface area contributed by atoms with Gasteiger partial charge in [0.25, 0.3) is 0 Å². The first-order chi connectivity index (χ1) is 15.5. The molecule has 0 bridgehead atoms. The first-order valence-corrected chi connectivity index (χ1v) is 11.8. The van der Waals surface area contributed by atoms with Gasteiger partial charge in [-0.1, -0.05) is 35.9 Å². The highest BCUT2D eigenvalue weighted by atomic mass is 35.5. The predicted octanol–water partition coefficient (Wildman–Crippen LogP) is 6.31. The Bertz CT molecular complexity index is 1260. The number of nitrogens with zero attached hydrogens (tertiary/aromatic N) is 2. The number of nitrogens with one attached hydrogen (secondary N) is 1. The third kappa shape index (κ3) is 5.11. The summed E-state index contributed by atoms with van der Waals surface area (Å²) in [6.07, 6.45) is 2.14. The van der Waals surface area contributed by atoms with E-state index in [0.717, 1.165) is 43.9 Å². The van der Waals surface area contributed by atoms with E-state index < -0.39 is 5.97 Å². The maximum Gasteiger partial charge on any atom is 0.303 e. The minimum absolute atomic E-state index is 0.161. The number of hydrogen-bond acceptors (Lipinski definition) is 6. The second-order valence-electron chi connectivity index (χ2n) is 7.42. The van der Waals surface area contributed by atoms with Gasteiger partial charge in [0.15, 0.2) is 0 Å². The van der Waals surface area contributed by atoms with E-state index in [1.165, 1.54) is 0 Å². The summed E-state index contributed by atoms with van der Waals surface area (Å²) in [5.74, 6) is 1.41. The van der Waals surface area contributed by atoms with Crippen molar-refractivity contribution >= 4 is 55.0 Å². The Morgan fingerprint density at radius 3 is 2.81 bits per heavy atom. The molecule has 0 saturated heterocycles. The van der Waals surface area contributed by atoms with Gasteiger partial charge in [-0.15, -0.1) is 11.3 Å². The lowest BCUT2D eigenvalue weighted by Gasteiger charge is -2.11. The highest BCUT2D eigenvalue weighted by molar-refractivity contribution is 7.25. The van der Waals surface area contributed by atoms with Crippen LogP contribution in [0.5, 0.6) is 5.75 Å². The van der Waals surface area contributed by atoms with Crippen LogP contribution in [0.2, 0.25) is 5.02 Å². The van der Waals surface area contributed by atoms with E-state index in [2.05, 4.69) is 17.4 Å². The van der Waals surface area contributed by atoms with Crippen molar-refractivity contribution in [2.45, 2.75) is 39.2 Å². The lowest BCUT2D eigenvalue weighted by molar-refractivity contribution is -0.137. The van der Waals surface area contributed by atoms with Crippen LogP contribution in [-0.2, 0) is 17.8 Å². The Labute approximate surface area is 195 Å². The van der Waals surface area contributed by atoms with Crippen molar-refractivity contribution in [1.82, 2.24) is 9.97 Å². The normalized spacial score (nSPS) is 11.2. The number of thiophene rings is 1. The van der Waals surface area contributed by atoms with Gasteiger partial charge in [0.1, 0.15) is 22.2 Å². The standard InChI is InChI=1S/C24H24ClN3O3S/c1-2-31-18-12-11-15(13-17(18)25)14-26-23-22-16-7-3-4-8-19(16)32-24(22)28-20(27-23)9-5-6-10-21(29)30/h3-4,7-8,11-13H,2,5-6,9-10,14H2,1H3,(H,29,30)(H,26,27,28). The topological polar surface area (TPSA) is 84.3 Å². The van der Waals surface area contributed by atoms with Gasteiger partial charge in [0, 0.05) is 29.5 Å². The third-order valence-corrected chi connectivity index (χ3v) is 6.44. The van der Waals surface area contributed by atoms with E-state index in [1.807, 2.05) is 37.3 Å². The van der Waals surface area contributed by atoms with Crippen molar-refractivity contribution in [2.24, 2.45) is 0 Å². The summed E-state index contributed by atoms with van der Waals surface area (Å²) >= 11 is 7.99. The van der Waals surface area contributed by atoms with E-state index >= 15 is 0 Å². The van der Waals surface area contributed by atoms with E-state index in [-0.39, 0.29) is 6.42 Å². The quantitative estimate of drug-likeness (QED) is 0.265. The Morgan fingerprint density at radius 2 is 2.03 bits per heavy atom. The number of anilines is 1. The van der Waals surface area contributed by atoms with Gasteiger partial charge < -0.3 is 15.2 Å². The summed E-state index contributed by atoms with van der Waals surface area (Å²) < 4.78 is 6.68. The fraction of sp³-hybridized carbons (Fsp3) is 0.292. The van der Waals surface area contributed by atoms with Crippen molar-refractivity contribution in [3.8, 4) is 5.75 Å². The lowest BCUT2D eigenvalue weighted by atomic mass is 10.1. The average Bonchev–Trinajstić information content (AvgIpc) is 3.15. The fourth-order valence-corrected chi connectivity index (χ4v) is 4.93. The molecule has 6 nitrogen and oxygen atoms in total. The van der Waals surface area contributed by atoms with Crippen LogP contribution in [0.15, 0.2) is 42.5 Å². The number of carboxylic acid groups (broad SMARTS) is 1. The molecular formula is C24H24ClN3O3S. The third-order valence-electron chi connectivity index (χ3n) is 5.08. The van der Waals surface area contributed by atoms with Gasteiger partial charge in [0.05, 0.1) is 17.0 Å². The molecule has 0 atom stereocenters. The number of aryl methyl sites for hydroxylation is 1. The minimum Gasteiger partial charge on any atom is -0.492 e. The number of aliphatic carboxylic acids is 1. The molecule has 8 heteroatoms. The van der Waals surface area contributed by atoms with Crippen LogP contribution in [0.1, 0.15) is 37.6 Å². The Hall–Kier alpha value is -2.90. The first kappa shape index (κ1) is 22.3. The van der Waals surface area contributed by atoms with Crippen LogP contribution >= 0.6 is 22.9 Å². The number of carbonyl (C=O) groups is 1. The van der Waals surface area contributed by atoms with Crippen molar-refractivity contribution < 1.29 is 14.6 Å². The number of rotatable bonds is 10. The molecule has 0 radical (unpaired) electrons. The second-order valence-corrected chi connectivity index (χ2v) is 8.86. The Balaban J connectivity index is 1.61. The average molecular weight is 470 g/mol. The van der Waals surface area contributed by atoms with Gasteiger partial charge in [-0.25, -0.2) is 9.97 Å². The number of halogens is 1. The Morgan fingerprint density at radius 1 is 1.19 bits per heavy atom. The van der Waals surface area contributed by atoms with Crippen LogP contribution in [0, 0.1) is 0 Å². The summed E-state index contributed by atoms with van der Waals surface area (Å²) in [6.45, 7) is 3.05. The van der Waals surface area contributed by atoms with Crippen LogP contribution in [0.3, 0.4) is 0 Å². The number of aromatic nitrogens is 2. The highest BCUT2D eigenvalue weighted by Gasteiger charge is 2.14. The van der Waals surface area contributed by atoms with Crippen LogP contribution in [0.4, 0.5) is 5.82 Å². The lowest BCUT2D eigenvalue weighted by Crippen LogP contribution is -2.06. The molecule has 2 aromatic heterocycles. The molecule has 32 heavy (non-hydrogen) atoms. The molecule has 0 aliphatic carbocycles. The summed E-state index contributed by atoms with van der Waals surface area (Å²) in [4.78, 5) is 21.3. The zero-order chi connectivity index (χ0) is 22.5. The summed E-state index contributed by atoms with van der Waals surface area (Å²) in [5.41, 5.74) is 1.02. The molecule has 2 heterocycles. The highest BCUT2D eigenvalue weighted by Crippen LogP contribution is 2.36. The van der Waals surface area contributed by atoms with E-state index in [1.54, 1.807) is 11.3 Å². The summed E-state index contributed by atoms with van der Waals surface area (Å²) in [7, 11) is 0. The molecule has 166 valence electrons. The number of unbranched alkanes of at least 4 members (excludes halogenated alkanes) is 1. The molecule has 4 aromatic rings. The monoisotopic (exact) mass is 469 g/mol. The minimum atomic E-state index is -0.776. The molecule has 0 saturated carbocycles. The van der Waals surface area contributed by atoms with Gasteiger partial charge in [-0.2, -0.15) is 0 Å². The molecule has 0 aliphatic heterocycles. The van der Waals surface area contributed by atoms with Crippen molar-refractivity contribution in [2.75, 3.05) is 11.9 Å². The zero-order valence-corrected chi connectivity index (χ0v) is 19.3. The molecule has 2 aromatic carbocycles. The predicted molar refractivity (Wildman–Crippen MR) is 130 cm³/mol. The number of fused-ring (bicyclic) bond motifs is 3. The smallest absolute Gasteiger partial charge is 0.303 e. The van der Waals surface area contributed by atoms with E-state index in [0.29, 0.717) is 36.8 Å². The van der Waals surface area contributed by atoms with E-state index in [9.17, 15) is 4.79 Å². The van der Waals surface area contributed by atoms with E-state index in [4.69, 9.17) is 31.4 Å². The number of carboxylic acids is 1. The molecular weight excluding hydrogens is 446 g/mol. The number of hydrogen-bond donors (Lipinski definition) is 2. The number of benzene rings is 2. The molecule has 4 rings (SSSR count). The van der Waals surface area contributed by atoms with Gasteiger partial charge >= 0.3 is 5.97 Å². The molecule has 0 fully saturated rings. The summed E-state index contributed by atoms with van der Waals surface area (Å²) in [5, 5.41) is 15.1. The Kier molecular flexibility index (Phi) is 7.07. The van der Waals surface area contributed by atoms with Crippen LogP contribution in [0.25, 0.3) is 20.3 Å².